The number of benzene rings is 1. The normalized spacial score (nSPS) is 19.6. The SMILES string of the molecule is Cc1c(OC(=O)NC2CCCCC2)cc(-c2cc(C(F)(F)F)ccc2F)n1C[C@H]1CCCO1. The molecule has 33 heavy (non-hydrogen) atoms. The van der Waals surface area contributed by atoms with Gasteiger partial charge in [-0.05, 0) is 50.8 Å². The Morgan fingerprint density at radius 1 is 1.15 bits per heavy atom. The lowest BCUT2D eigenvalue weighted by Gasteiger charge is -2.22. The first-order chi connectivity index (χ1) is 15.7. The lowest BCUT2D eigenvalue weighted by molar-refractivity contribution is -0.137. The number of aromatic nitrogens is 1. The summed E-state index contributed by atoms with van der Waals surface area (Å²) in [5.74, 6) is -0.597. The van der Waals surface area contributed by atoms with Gasteiger partial charge in [-0.15, -0.1) is 0 Å². The number of alkyl halides is 3. The van der Waals surface area contributed by atoms with Gasteiger partial charge in [-0.25, -0.2) is 9.18 Å². The Kier molecular flexibility index (Phi) is 6.97. The van der Waals surface area contributed by atoms with Gasteiger partial charge >= 0.3 is 12.3 Å². The van der Waals surface area contributed by atoms with Crippen LogP contribution in [0, 0.1) is 12.7 Å². The lowest BCUT2D eigenvalue weighted by atomic mass is 9.96. The molecule has 1 aliphatic heterocycles. The molecule has 9 heteroatoms. The van der Waals surface area contributed by atoms with Gasteiger partial charge in [0, 0.05) is 30.8 Å². The first-order valence-corrected chi connectivity index (χ1v) is 11.4. The minimum absolute atomic E-state index is 0.0425. The third kappa shape index (κ3) is 5.51. The maximum Gasteiger partial charge on any atom is 0.416 e. The van der Waals surface area contributed by atoms with Gasteiger partial charge in [0.2, 0.25) is 0 Å². The second kappa shape index (κ2) is 9.75. The van der Waals surface area contributed by atoms with Crippen molar-refractivity contribution >= 4 is 6.09 Å². The van der Waals surface area contributed by atoms with Crippen molar-refractivity contribution in [2.45, 2.75) is 76.7 Å². The van der Waals surface area contributed by atoms with Crippen LogP contribution in [0.15, 0.2) is 24.3 Å². The Balaban J connectivity index is 1.66. The minimum Gasteiger partial charge on any atom is -0.408 e. The lowest BCUT2D eigenvalue weighted by Crippen LogP contribution is -2.38. The molecule has 1 N–H and O–H groups in total. The molecular weight excluding hydrogens is 440 g/mol. The molecule has 1 atom stereocenters. The Hall–Kier alpha value is -2.55. The maximum atomic E-state index is 14.7. The summed E-state index contributed by atoms with van der Waals surface area (Å²) in [4.78, 5) is 12.5. The molecule has 1 saturated heterocycles. The van der Waals surface area contributed by atoms with Gasteiger partial charge in [-0.2, -0.15) is 13.2 Å². The van der Waals surface area contributed by atoms with Crippen LogP contribution in [0.2, 0.25) is 0 Å². The number of carbonyl (C=O) groups is 1. The number of amides is 1. The third-order valence-electron chi connectivity index (χ3n) is 6.43. The second-order valence-corrected chi connectivity index (χ2v) is 8.79. The molecule has 0 spiro atoms. The van der Waals surface area contributed by atoms with Crippen LogP contribution in [-0.4, -0.2) is 29.4 Å². The number of halogens is 4. The Labute approximate surface area is 190 Å². The number of rotatable bonds is 5. The van der Waals surface area contributed by atoms with Crippen LogP contribution >= 0.6 is 0 Å². The molecular formula is C24H28F4N2O3. The van der Waals surface area contributed by atoms with Crippen molar-refractivity contribution in [3.05, 3.63) is 41.3 Å². The van der Waals surface area contributed by atoms with Gasteiger partial charge in [0.1, 0.15) is 5.82 Å². The van der Waals surface area contributed by atoms with E-state index in [0.29, 0.717) is 24.9 Å². The van der Waals surface area contributed by atoms with Gasteiger partial charge < -0.3 is 19.4 Å². The van der Waals surface area contributed by atoms with E-state index < -0.39 is 23.7 Å². The highest BCUT2D eigenvalue weighted by Gasteiger charge is 2.32. The van der Waals surface area contributed by atoms with Crippen LogP contribution in [-0.2, 0) is 17.5 Å². The molecule has 2 aromatic rings. The van der Waals surface area contributed by atoms with Crippen LogP contribution in [0.5, 0.6) is 5.75 Å². The smallest absolute Gasteiger partial charge is 0.408 e. The van der Waals surface area contributed by atoms with Gasteiger partial charge in [0.25, 0.3) is 0 Å². The van der Waals surface area contributed by atoms with E-state index in [1.54, 1.807) is 11.5 Å². The van der Waals surface area contributed by atoms with Crippen molar-refractivity contribution in [1.29, 1.82) is 0 Å². The monoisotopic (exact) mass is 468 g/mol. The number of nitrogens with zero attached hydrogens (tertiary/aromatic N) is 1. The topological polar surface area (TPSA) is 52.5 Å². The van der Waals surface area contributed by atoms with Gasteiger partial charge in [0.15, 0.2) is 5.75 Å². The highest BCUT2D eigenvalue weighted by molar-refractivity contribution is 5.73. The predicted molar refractivity (Wildman–Crippen MR) is 115 cm³/mol. The van der Waals surface area contributed by atoms with Crippen LogP contribution in [0.25, 0.3) is 11.3 Å². The number of hydrogen-bond acceptors (Lipinski definition) is 3. The average Bonchev–Trinajstić information content (AvgIpc) is 3.38. The summed E-state index contributed by atoms with van der Waals surface area (Å²) >= 11 is 0. The Morgan fingerprint density at radius 2 is 1.91 bits per heavy atom. The molecule has 1 aliphatic carbocycles. The predicted octanol–water partition coefficient (Wildman–Crippen LogP) is 6.22. The van der Waals surface area contributed by atoms with Crippen molar-refractivity contribution in [3.63, 3.8) is 0 Å². The third-order valence-corrected chi connectivity index (χ3v) is 6.43. The van der Waals surface area contributed by atoms with E-state index in [1.165, 1.54) is 6.07 Å². The number of nitrogens with one attached hydrogen (secondary N) is 1. The summed E-state index contributed by atoms with van der Waals surface area (Å²) in [6.45, 7) is 2.63. The van der Waals surface area contributed by atoms with Crippen molar-refractivity contribution in [2.75, 3.05) is 6.61 Å². The molecule has 2 fully saturated rings. The molecule has 0 unspecified atom stereocenters. The zero-order chi connectivity index (χ0) is 23.6. The number of ether oxygens (including phenoxy) is 2. The molecule has 1 amide bonds. The fraction of sp³-hybridized carbons (Fsp3) is 0.542. The van der Waals surface area contributed by atoms with E-state index in [9.17, 15) is 22.4 Å². The van der Waals surface area contributed by atoms with E-state index in [4.69, 9.17) is 9.47 Å². The highest BCUT2D eigenvalue weighted by Crippen LogP contribution is 2.37. The van der Waals surface area contributed by atoms with E-state index in [0.717, 1.165) is 57.1 Å². The number of carbonyl (C=O) groups excluding carboxylic acids is 1. The zero-order valence-electron chi connectivity index (χ0n) is 18.5. The summed E-state index contributed by atoms with van der Waals surface area (Å²) in [5, 5.41) is 2.86. The van der Waals surface area contributed by atoms with Gasteiger partial charge in [0.05, 0.1) is 23.1 Å². The summed E-state index contributed by atoms with van der Waals surface area (Å²) in [5.41, 5.74) is -0.407. The quantitative estimate of drug-likeness (QED) is 0.530. The van der Waals surface area contributed by atoms with Crippen molar-refractivity contribution in [2.24, 2.45) is 0 Å². The summed E-state index contributed by atoms with van der Waals surface area (Å²) in [6, 6.07) is 3.80. The molecule has 5 nitrogen and oxygen atoms in total. The molecule has 1 saturated carbocycles. The minimum atomic E-state index is -4.61. The molecule has 1 aromatic carbocycles. The van der Waals surface area contributed by atoms with E-state index >= 15 is 0 Å². The molecule has 4 rings (SSSR count). The Bertz CT molecular complexity index is 990. The first kappa shape index (κ1) is 23.6. The maximum absolute atomic E-state index is 14.7. The van der Waals surface area contributed by atoms with E-state index in [1.807, 2.05) is 0 Å². The molecule has 180 valence electrons. The second-order valence-electron chi connectivity index (χ2n) is 8.79. The fourth-order valence-corrected chi connectivity index (χ4v) is 4.61. The molecule has 1 aromatic heterocycles. The van der Waals surface area contributed by atoms with Crippen molar-refractivity contribution in [1.82, 2.24) is 9.88 Å². The largest absolute Gasteiger partial charge is 0.416 e. The Morgan fingerprint density at radius 3 is 2.58 bits per heavy atom. The zero-order valence-corrected chi connectivity index (χ0v) is 18.5. The molecule has 0 radical (unpaired) electrons. The van der Waals surface area contributed by atoms with Crippen LogP contribution < -0.4 is 10.1 Å². The van der Waals surface area contributed by atoms with E-state index in [2.05, 4.69) is 5.32 Å². The van der Waals surface area contributed by atoms with Crippen LogP contribution in [0.1, 0.15) is 56.2 Å². The standard InChI is InChI=1S/C24H28F4N2O3/c1-15-22(33-23(31)29-17-6-3-2-4-7-17)13-21(30(15)14-18-8-5-11-32-18)19-12-16(24(26,27)28)9-10-20(19)25/h9-10,12-13,17-18H,2-8,11,14H2,1H3,(H,29,31)/t18-/m1/s1. The molecule has 2 aliphatic rings. The highest BCUT2D eigenvalue weighted by atomic mass is 19.4. The summed E-state index contributed by atoms with van der Waals surface area (Å²) < 4.78 is 67.5. The molecule has 0 bridgehead atoms. The average molecular weight is 468 g/mol. The van der Waals surface area contributed by atoms with Gasteiger partial charge in [-0.3, -0.25) is 0 Å². The summed E-state index contributed by atoms with van der Waals surface area (Å²) in [6.07, 6.45) is 1.30. The fourth-order valence-electron chi connectivity index (χ4n) is 4.61. The van der Waals surface area contributed by atoms with Crippen LogP contribution in [0.4, 0.5) is 22.4 Å². The van der Waals surface area contributed by atoms with E-state index in [-0.39, 0.29) is 29.2 Å². The van der Waals surface area contributed by atoms with Gasteiger partial charge in [-0.1, -0.05) is 19.3 Å². The van der Waals surface area contributed by atoms with Crippen LogP contribution in [0.3, 0.4) is 0 Å². The van der Waals surface area contributed by atoms with Crippen molar-refractivity contribution < 1.29 is 31.8 Å². The number of hydrogen-bond donors (Lipinski definition) is 1. The first-order valence-electron chi connectivity index (χ1n) is 11.4. The molecule has 2 heterocycles. The van der Waals surface area contributed by atoms with Crippen molar-refractivity contribution in [3.8, 4) is 17.0 Å². The summed E-state index contributed by atoms with van der Waals surface area (Å²) in [7, 11) is 0.